The predicted molar refractivity (Wildman–Crippen MR) is 598 cm³/mol. The molecule has 0 aromatic heterocycles. The maximum absolute atomic E-state index is 12.6. The summed E-state index contributed by atoms with van der Waals surface area (Å²) in [4.78, 5) is 105. The van der Waals surface area contributed by atoms with E-state index in [2.05, 4.69) is 147 Å². The van der Waals surface area contributed by atoms with Gasteiger partial charge in [-0.3, -0.25) is 33.6 Å². The fourth-order valence-electron chi connectivity index (χ4n) is 15.9. The first kappa shape index (κ1) is 139. The molecule has 0 bridgehead atoms. The van der Waals surface area contributed by atoms with Crippen molar-refractivity contribution in [3.63, 3.8) is 0 Å². The van der Waals surface area contributed by atoms with Crippen LogP contribution >= 0.6 is 11.6 Å². The van der Waals surface area contributed by atoms with Gasteiger partial charge in [-0.05, 0) is 385 Å². The van der Waals surface area contributed by atoms with Crippen LogP contribution in [0.3, 0.4) is 0 Å². The quantitative estimate of drug-likeness (QED) is 0.0108. The monoisotopic (exact) mass is 2080 g/mol. The van der Waals surface area contributed by atoms with Gasteiger partial charge in [-0.2, -0.15) is 0 Å². The second-order valence-corrected chi connectivity index (χ2v) is 62.9. The first-order chi connectivity index (χ1) is 63.8. The summed E-state index contributed by atoms with van der Waals surface area (Å²) in [6.07, 6.45) is 3.91. The van der Waals surface area contributed by atoms with E-state index in [9.17, 15) is 53.4 Å². The average molecular weight is 2080 g/mol. The number of aliphatic carboxylic acids is 1. The number of aryl methyl sites for hydroxylation is 12. The SMILES string of the molecule is CC(C)(C)C(=O)Cl.Cc1cc(C)c(C(C)(C)CC(=O)O)c(OC(=O)C(C)(C)C)c1.Cc1cc(C)c(C(C)(C)CC(=O)[S-])c(OC(=O)C(C)(C)C)c1.Cc1cc(C)c(C(C)(C)CC=O)c(OC(=O)C(C)(C)C)c1.Cc1cc(C)c(C(C)(C)CCO)c(OC(=O)C(C)(C)C)c1.Cc1cc(C)c(C(C)(C)CCO[Si](C)(C)C(C)(C)C)c(O)c1.Cc1cc(C)c(C(C)(C)CCO[Si](C)(C)C(C)(C)C)c(OC(=O)C(C)(C)C)c1.[Na+]. The molecule has 0 aliphatic rings. The molecule has 0 unspecified atom stereocenters. The zero-order valence-corrected chi connectivity index (χ0v) is 105. The van der Waals surface area contributed by atoms with Crippen molar-refractivity contribution in [2.45, 2.75) is 440 Å². The van der Waals surface area contributed by atoms with Gasteiger partial charge in [0.05, 0.1) is 33.5 Å². The summed E-state index contributed by atoms with van der Waals surface area (Å²) in [5.41, 5.74) is 13.2. The zero-order chi connectivity index (χ0) is 113. The number of aldehydes is 1. The van der Waals surface area contributed by atoms with Crippen LogP contribution < -0.4 is 53.2 Å². The normalized spacial score (nSPS) is 12.5. The van der Waals surface area contributed by atoms with E-state index in [1.54, 1.807) is 47.6 Å². The number of aliphatic hydroxyl groups excluding tert-OH is 1. The summed E-state index contributed by atoms with van der Waals surface area (Å²) in [5.74, 6) is 1.07. The summed E-state index contributed by atoms with van der Waals surface area (Å²) < 4.78 is 41.2. The summed E-state index contributed by atoms with van der Waals surface area (Å²) in [5, 5.41) is 28.7. The van der Waals surface area contributed by atoms with Gasteiger partial charge in [-0.1, -0.05) is 182 Å². The number of phenols is 1. The van der Waals surface area contributed by atoms with E-state index >= 15 is 0 Å². The number of benzene rings is 6. The van der Waals surface area contributed by atoms with Crippen molar-refractivity contribution < 1.29 is 121 Å². The number of carbonyl (C=O) groups excluding carboxylic acids is 8. The van der Waals surface area contributed by atoms with Crippen LogP contribution in [0, 0.1) is 116 Å². The summed E-state index contributed by atoms with van der Waals surface area (Å²) >= 11 is 9.85. The maximum atomic E-state index is 12.6. The molecule has 0 atom stereocenters. The van der Waals surface area contributed by atoms with Crippen LogP contribution in [-0.2, 0) is 97.1 Å². The van der Waals surface area contributed by atoms with Crippen molar-refractivity contribution in [2.24, 2.45) is 32.5 Å². The number of carboxylic acid groups (broad SMARTS) is 1. The average Bonchev–Trinajstić information content (AvgIpc) is 0.795. The first-order valence-corrected chi connectivity index (χ1v) is 56.8. The van der Waals surface area contributed by atoms with Crippen molar-refractivity contribution in [1.82, 2.24) is 0 Å². The summed E-state index contributed by atoms with van der Waals surface area (Å²) in [7, 11) is -3.48. The number of carboxylic acids is 1. The molecule has 24 heteroatoms. The molecule has 3 N–H and O–H groups in total. The van der Waals surface area contributed by atoms with E-state index in [0.29, 0.717) is 53.9 Å². The van der Waals surface area contributed by atoms with Crippen molar-refractivity contribution in [3.8, 4) is 34.5 Å². The third-order valence-electron chi connectivity index (χ3n) is 25.9. The topological polar surface area (TPSA) is 279 Å². The molecule has 6 aromatic carbocycles. The maximum Gasteiger partial charge on any atom is 1.00 e. The van der Waals surface area contributed by atoms with Gasteiger partial charge in [0.1, 0.15) is 40.8 Å². The molecule has 0 amide bonds. The minimum absolute atomic E-state index is 0. The number of esters is 5. The smallest absolute Gasteiger partial charge is 0.742 e. The molecule has 0 aliphatic heterocycles. The number of rotatable bonds is 27. The van der Waals surface area contributed by atoms with Gasteiger partial charge in [0.15, 0.2) is 16.6 Å². The number of carbonyl (C=O) groups is 9. The number of aromatic hydroxyl groups is 1. The molecule has 0 saturated heterocycles. The van der Waals surface area contributed by atoms with E-state index < -0.39 is 60.5 Å². The Labute approximate surface area is 906 Å². The largest absolute Gasteiger partial charge is 1.00 e. The number of hydrogen-bond donors (Lipinski definition) is 3. The Bertz CT molecular complexity index is 5240. The standard InChI is InChI=1S/C24H42O3Si.C19H34O2Si.C18H26O4.C18H26O3S.C18H28O3.C18H26O3.C5H9ClO.Na/c1-17-15-18(2)20(19(16-17)27-21(25)22(3,4)5)24(9,10)13-14-26-28(11,12)23(6,7)8;1-14-12-15(2)17(16(20)13-14)19(6,7)10-11-21-22(8,9)18(3,4)5;1-11-8-12(2)15(18(6,7)10-14(19)20)13(9-11)22-16(21)17(3,4)5;1-11-8-12(2)15(18(6,7)10-14(19)22)13(9-11)21-16(20)17(3,4)5;2*1-12-10-13(2)15(18(6,7)8-9-19)14(11-12)21-16(20)17(3,4)5;1-5(2,3)4(6)7;/h15-16H,13-14H2,1-12H3;12-13,20H,10-11H2,1-9H3;8-9H,10H2,1-7H3,(H,19,20);8-9H,10H2,1-7H3,(H,19,22);10-11,19H,8-9H2,1-7H3;9-11H,8H2,1-7H3;1-3H3;/q;;;;;;;+1/p-1. The third kappa shape index (κ3) is 44.5. The van der Waals surface area contributed by atoms with Crippen LogP contribution in [0.25, 0.3) is 0 Å². The second-order valence-electron chi connectivity index (χ2n) is 52.5. The van der Waals surface area contributed by atoms with E-state index in [-0.39, 0.29) is 126 Å². The van der Waals surface area contributed by atoms with Crippen LogP contribution in [0.1, 0.15) is 388 Å². The van der Waals surface area contributed by atoms with Crippen molar-refractivity contribution >= 4 is 93.3 Å². The number of aliphatic hydroxyl groups is 1. The Morgan fingerprint density at radius 2 is 0.521 bits per heavy atom. The fraction of sp³-hybridized carbons (Fsp3) is 0.625. The minimum atomic E-state index is -1.78. The molecular formula is C120H190ClNaO19SSi2. The molecule has 0 saturated carbocycles. The molecule has 6 rings (SSSR count). The number of halogens is 1. The van der Waals surface area contributed by atoms with Crippen LogP contribution in [0.15, 0.2) is 72.8 Å². The Morgan fingerprint density at radius 1 is 0.319 bits per heavy atom. The van der Waals surface area contributed by atoms with Crippen molar-refractivity contribution in [1.29, 1.82) is 0 Å². The number of phenolic OH excluding ortho intramolecular Hbond substituents is 1. The van der Waals surface area contributed by atoms with Crippen LogP contribution in [0.4, 0.5) is 0 Å². The van der Waals surface area contributed by atoms with E-state index in [4.69, 9.17) is 61.9 Å². The van der Waals surface area contributed by atoms with Crippen molar-refractivity contribution in [2.75, 3.05) is 19.8 Å². The van der Waals surface area contributed by atoms with E-state index in [1.165, 1.54) is 0 Å². The van der Waals surface area contributed by atoms with Crippen LogP contribution in [-0.4, -0.2) is 104 Å². The van der Waals surface area contributed by atoms with Gasteiger partial charge in [0, 0.05) is 81.0 Å². The molecule has 19 nitrogen and oxygen atoms in total. The molecule has 0 fully saturated rings. The molecule has 0 radical (unpaired) electrons. The Morgan fingerprint density at radius 3 is 0.715 bits per heavy atom. The van der Waals surface area contributed by atoms with E-state index in [0.717, 1.165) is 126 Å². The first-order valence-electron chi connectivity index (χ1n) is 50.2. The van der Waals surface area contributed by atoms with E-state index in [1.807, 2.05) is 236 Å². The van der Waals surface area contributed by atoms with Gasteiger partial charge in [0.2, 0.25) is 5.24 Å². The Balaban J connectivity index is 0. The van der Waals surface area contributed by atoms with Gasteiger partial charge in [-0.25, -0.2) is 0 Å². The Hall–Kier alpha value is -7.23. The number of ether oxygens (including phenoxy) is 5. The fourth-order valence-corrected chi connectivity index (χ4v) is 18.4. The molecular weight excluding hydrogens is 1890 g/mol. The Kier molecular flexibility index (Phi) is 52.0. The molecule has 0 aliphatic carbocycles. The molecule has 0 heterocycles. The summed E-state index contributed by atoms with van der Waals surface area (Å²) in [6, 6.07) is 23.7. The van der Waals surface area contributed by atoms with Gasteiger partial charge >= 0.3 is 65.4 Å². The third-order valence-corrected chi connectivity index (χ3v) is 35.7. The van der Waals surface area contributed by atoms with Gasteiger partial charge in [-0.15, -0.1) is 0 Å². The van der Waals surface area contributed by atoms with Crippen molar-refractivity contribution in [3.05, 3.63) is 173 Å². The molecule has 144 heavy (non-hydrogen) atoms. The summed E-state index contributed by atoms with van der Waals surface area (Å²) in [6.45, 7) is 106. The van der Waals surface area contributed by atoms with Crippen LogP contribution in [0.5, 0.6) is 34.5 Å². The van der Waals surface area contributed by atoms with Crippen LogP contribution in [0.2, 0.25) is 36.3 Å². The zero-order valence-electron chi connectivity index (χ0n) is 99.5. The number of hydrogen-bond acceptors (Lipinski definition) is 19. The minimum Gasteiger partial charge on any atom is -0.742 e. The second kappa shape index (κ2) is 54.0. The van der Waals surface area contributed by atoms with Gasteiger partial charge in [0.25, 0.3) is 0 Å². The predicted octanol–water partition coefficient (Wildman–Crippen LogP) is 27.5. The molecule has 6 aromatic rings. The molecule has 0 spiro atoms. The van der Waals surface area contributed by atoms with Gasteiger partial charge < -0.3 is 70.1 Å². The molecule has 806 valence electrons.